The Balaban J connectivity index is 1.48. The molecule has 1 amide bonds. The van der Waals surface area contributed by atoms with Gasteiger partial charge in [-0.1, -0.05) is 24.5 Å². The van der Waals surface area contributed by atoms with E-state index in [-0.39, 0.29) is 18.1 Å². The third-order valence-electron chi connectivity index (χ3n) is 4.35. The van der Waals surface area contributed by atoms with Crippen molar-refractivity contribution in [2.24, 2.45) is 5.92 Å². The van der Waals surface area contributed by atoms with Gasteiger partial charge < -0.3 is 10.4 Å². The van der Waals surface area contributed by atoms with Crippen LogP contribution in [0.2, 0.25) is 0 Å². The standard InChI is InChI=1S/C13H20N4O2/c18-12-5-4-11(12)17-8-10(15-16-17)13(19)14-7-6-9-2-1-3-9/h8-9,11-12,18H,1-7H2,(H,14,19)/t11-,12-/m1/s1. The van der Waals surface area contributed by atoms with E-state index in [1.165, 1.54) is 19.3 Å². The van der Waals surface area contributed by atoms with Crippen molar-refractivity contribution in [1.82, 2.24) is 20.3 Å². The molecule has 2 atom stereocenters. The molecule has 0 aromatic carbocycles. The summed E-state index contributed by atoms with van der Waals surface area (Å²) in [4.78, 5) is 11.9. The van der Waals surface area contributed by atoms with E-state index in [4.69, 9.17) is 0 Å². The normalized spacial score (nSPS) is 26.6. The Morgan fingerprint density at radius 2 is 2.26 bits per heavy atom. The lowest BCUT2D eigenvalue weighted by atomic mass is 9.83. The average molecular weight is 264 g/mol. The number of carbonyl (C=O) groups excluding carboxylic acids is 1. The van der Waals surface area contributed by atoms with E-state index in [0.29, 0.717) is 12.2 Å². The van der Waals surface area contributed by atoms with Crippen LogP contribution < -0.4 is 5.32 Å². The minimum absolute atomic E-state index is 0.0102. The molecule has 0 saturated heterocycles. The first-order chi connectivity index (χ1) is 9.24. The quantitative estimate of drug-likeness (QED) is 0.828. The zero-order valence-electron chi connectivity index (χ0n) is 11.0. The number of amides is 1. The van der Waals surface area contributed by atoms with Crippen molar-refractivity contribution in [2.75, 3.05) is 6.54 Å². The molecule has 0 aliphatic heterocycles. The van der Waals surface area contributed by atoms with Gasteiger partial charge in [0, 0.05) is 6.54 Å². The highest BCUT2D eigenvalue weighted by Gasteiger charge is 2.31. The molecule has 0 unspecified atom stereocenters. The number of nitrogens with one attached hydrogen (secondary N) is 1. The van der Waals surface area contributed by atoms with Gasteiger partial charge in [-0.05, 0) is 25.2 Å². The lowest BCUT2D eigenvalue weighted by molar-refractivity contribution is 0.0244. The summed E-state index contributed by atoms with van der Waals surface area (Å²) in [7, 11) is 0. The van der Waals surface area contributed by atoms with Crippen LogP contribution in [0.25, 0.3) is 0 Å². The summed E-state index contributed by atoms with van der Waals surface area (Å²) in [5.74, 6) is 0.625. The van der Waals surface area contributed by atoms with Crippen molar-refractivity contribution in [3.05, 3.63) is 11.9 Å². The van der Waals surface area contributed by atoms with Crippen LogP contribution in [0.5, 0.6) is 0 Å². The van der Waals surface area contributed by atoms with Crippen LogP contribution >= 0.6 is 0 Å². The summed E-state index contributed by atoms with van der Waals surface area (Å²) >= 11 is 0. The van der Waals surface area contributed by atoms with Crippen LogP contribution in [0.4, 0.5) is 0 Å². The lowest BCUT2D eigenvalue weighted by Gasteiger charge is -2.31. The minimum atomic E-state index is -0.351. The summed E-state index contributed by atoms with van der Waals surface area (Å²) < 4.78 is 1.61. The van der Waals surface area contributed by atoms with Crippen molar-refractivity contribution >= 4 is 5.91 Å². The smallest absolute Gasteiger partial charge is 0.273 e. The highest BCUT2D eigenvalue weighted by molar-refractivity contribution is 5.91. The second-order valence-electron chi connectivity index (χ2n) is 5.64. The molecule has 0 bridgehead atoms. The molecule has 2 fully saturated rings. The van der Waals surface area contributed by atoms with E-state index in [1.54, 1.807) is 10.9 Å². The summed E-state index contributed by atoms with van der Waals surface area (Å²) in [5.41, 5.74) is 0.340. The Morgan fingerprint density at radius 3 is 2.84 bits per heavy atom. The van der Waals surface area contributed by atoms with E-state index in [0.717, 1.165) is 25.2 Å². The fourth-order valence-electron chi connectivity index (χ4n) is 2.58. The van der Waals surface area contributed by atoms with Crippen LogP contribution in [-0.2, 0) is 0 Å². The average Bonchev–Trinajstić information content (AvgIpc) is 2.79. The largest absolute Gasteiger partial charge is 0.391 e. The van der Waals surface area contributed by atoms with E-state index in [1.807, 2.05) is 0 Å². The van der Waals surface area contributed by atoms with Crippen molar-refractivity contribution in [1.29, 1.82) is 0 Å². The maximum Gasteiger partial charge on any atom is 0.273 e. The van der Waals surface area contributed by atoms with Crippen LogP contribution in [0.1, 0.15) is 55.1 Å². The first-order valence-corrected chi connectivity index (χ1v) is 7.12. The molecule has 1 heterocycles. The summed E-state index contributed by atoms with van der Waals surface area (Å²) in [6.07, 6.45) is 7.96. The number of hydrogen-bond donors (Lipinski definition) is 2. The maximum absolute atomic E-state index is 11.9. The third-order valence-corrected chi connectivity index (χ3v) is 4.35. The predicted octanol–water partition coefficient (Wildman–Crippen LogP) is 0.894. The van der Waals surface area contributed by atoms with Crippen LogP contribution in [-0.4, -0.2) is 38.7 Å². The molecule has 3 rings (SSSR count). The monoisotopic (exact) mass is 264 g/mol. The van der Waals surface area contributed by atoms with Crippen molar-refractivity contribution in [3.8, 4) is 0 Å². The lowest BCUT2D eigenvalue weighted by Crippen LogP contribution is -2.34. The topological polar surface area (TPSA) is 80.0 Å². The van der Waals surface area contributed by atoms with Crippen molar-refractivity contribution < 1.29 is 9.90 Å². The van der Waals surface area contributed by atoms with Gasteiger partial charge >= 0.3 is 0 Å². The number of hydrogen-bond acceptors (Lipinski definition) is 4. The van der Waals surface area contributed by atoms with Gasteiger partial charge in [0.2, 0.25) is 0 Å². The first-order valence-electron chi connectivity index (χ1n) is 7.12. The Bertz CT molecular complexity index is 455. The zero-order chi connectivity index (χ0) is 13.2. The van der Waals surface area contributed by atoms with Gasteiger partial charge in [0.05, 0.1) is 18.3 Å². The van der Waals surface area contributed by atoms with Crippen LogP contribution in [0.15, 0.2) is 6.20 Å². The number of rotatable bonds is 5. The second-order valence-corrected chi connectivity index (χ2v) is 5.64. The van der Waals surface area contributed by atoms with E-state index in [9.17, 15) is 9.90 Å². The number of carbonyl (C=O) groups is 1. The van der Waals surface area contributed by atoms with E-state index < -0.39 is 0 Å². The Kier molecular flexibility index (Phi) is 3.50. The van der Waals surface area contributed by atoms with Gasteiger partial charge in [0.1, 0.15) is 0 Å². The summed E-state index contributed by atoms with van der Waals surface area (Å²) in [5, 5.41) is 20.2. The number of aliphatic hydroxyl groups excluding tert-OH is 1. The van der Waals surface area contributed by atoms with Gasteiger partial charge in [-0.3, -0.25) is 4.79 Å². The second kappa shape index (κ2) is 5.28. The minimum Gasteiger partial charge on any atom is -0.391 e. The highest BCUT2D eigenvalue weighted by Crippen LogP contribution is 2.31. The van der Waals surface area contributed by atoms with Gasteiger partial charge in [0.15, 0.2) is 5.69 Å². The summed E-state index contributed by atoms with van der Waals surface area (Å²) in [6, 6.07) is -0.0102. The molecule has 0 spiro atoms. The third kappa shape index (κ3) is 2.63. The Labute approximate surface area is 112 Å². The predicted molar refractivity (Wildman–Crippen MR) is 68.6 cm³/mol. The first kappa shape index (κ1) is 12.6. The molecule has 6 nitrogen and oxygen atoms in total. The van der Waals surface area contributed by atoms with Crippen LogP contribution in [0.3, 0.4) is 0 Å². The van der Waals surface area contributed by atoms with Gasteiger partial charge in [0.25, 0.3) is 5.91 Å². The molecule has 2 N–H and O–H groups in total. The fraction of sp³-hybridized carbons (Fsp3) is 0.769. The molecular formula is C13H20N4O2. The van der Waals surface area contributed by atoms with Gasteiger partial charge in [-0.15, -0.1) is 5.10 Å². The summed E-state index contributed by atoms with van der Waals surface area (Å²) in [6.45, 7) is 0.711. The molecule has 6 heteroatoms. The molecular weight excluding hydrogens is 244 g/mol. The molecule has 2 aliphatic carbocycles. The Morgan fingerprint density at radius 1 is 1.42 bits per heavy atom. The van der Waals surface area contributed by atoms with Gasteiger partial charge in [-0.2, -0.15) is 0 Å². The highest BCUT2D eigenvalue weighted by atomic mass is 16.3. The van der Waals surface area contributed by atoms with E-state index >= 15 is 0 Å². The van der Waals surface area contributed by atoms with Crippen molar-refractivity contribution in [3.63, 3.8) is 0 Å². The molecule has 2 aliphatic rings. The van der Waals surface area contributed by atoms with Crippen molar-refractivity contribution in [2.45, 2.75) is 50.7 Å². The Hall–Kier alpha value is -1.43. The van der Waals surface area contributed by atoms with Crippen LogP contribution in [0, 0.1) is 5.92 Å². The molecule has 1 aromatic heterocycles. The molecule has 0 radical (unpaired) electrons. The maximum atomic E-state index is 11.9. The molecule has 2 saturated carbocycles. The number of aliphatic hydroxyl groups is 1. The number of nitrogens with zero attached hydrogens (tertiary/aromatic N) is 3. The van der Waals surface area contributed by atoms with Gasteiger partial charge in [-0.25, -0.2) is 4.68 Å². The molecule has 104 valence electrons. The zero-order valence-corrected chi connectivity index (χ0v) is 11.0. The molecule has 1 aromatic rings. The molecule has 19 heavy (non-hydrogen) atoms. The fourth-order valence-corrected chi connectivity index (χ4v) is 2.58. The SMILES string of the molecule is O=C(NCCC1CCC1)c1cn([C@@H]2CC[C@H]2O)nn1. The van der Waals surface area contributed by atoms with E-state index in [2.05, 4.69) is 15.6 Å². The number of aromatic nitrogens is 3.